The van der Waals surface area contributed by atoms with E-state index < -0.39 is 0 Å². The van der Waals surface area contributed by atoms with E-state index in [-0.39, 0.29) is 0 Å². The van der Waals surface area contributed by atoms with Gasteiger partial charge in [0.05, 0.1) is 10.7 Å². The Kier molecular flexibility index (Phi) is 3.90. The Labute approximate surface area is 90.6 Å². The van der Waals surface area contributed by atoms with Crippen LogP contribution < -0.4 is 5.32 Å². The number of rotatable bonds is 3. The fourth-order valence-corrected chi connectivity index (χ4v) is 2.20. The third-order valence-corrected chi connectivity index (χ3v) is 2.72. The van der Waals surface area contributed by atoms with E-state index in [0.717, 1.165) is 4.90 Å². The van der Waals surface area contributed by atoms with Gasteiger partial charge in [-0.15, -0.1) is 11.8 Å². The van der Waals surface area contributed by atoms with E-state index in [4.69, 9.17) is 23.2 Å². The molecule has 2 nitrogen and oxygen atoms in total. The van der Waals surface area contributed by atoms with Crippen molar-refractivity contribution in [2.75, 3.05) is 11.6 Å². The highest BCUT2D eigenvalue weighted by atomic mass is 35.5. The predicted molar refractivity (Wildman–Crippen MR) is 57.9 cm³/mol. The summed E-state index contributed by atoms with van der Waals surface area (Å²) in [6, 6.07) is 3.35. The Balaban J connectivity index is 3.20. The fourth-order valence-electron chi connectivity index (χ4n) is 0.910. The third kappa shape index (κ3) is 2.53. The highest BCUT2D eigenvalue weighted by molar-refractivity contribution is 7.98. The van der Waals surface area contributed by atoms with Gasteiger partial charge in [0.15, 0.2) is 0 Å². The molecular weight excluding hydrogens is 229 g/mol. The molecule has 1 N–H and O–H groups in total. The second-order valence-electron chi connectivity index (χ2n) is 2.23. The molecule has 0 spiro atoms. The number of anilines is 1. The van der Waals surface area contributed by atoms with Crippen LogP contribution in [0.3, 0.4) is 0 Å². The van der Waals surface area contributed by atoms with Gasteiger partial charge in [0.25, 0.3) is 0 Å². The Morgan fingerprint density at radius 1 is 1.46 bits per heavy atom. The molecule has 5 heteroatoms. The average Bonchev–Trinajstić information content (AvgIpc) is 2.09. The molecule has 0 atom stereocenters. The zero-order valence-electron chi connectivity index (χ0n) is 6.80. The molecule has 1 rings (SSSR count). The molecule has 1 amide bonds. The van der Waals surface area contributed by atoms with Crippen molar-refractivity contribution in [3.05, 3.63) is 22.2 Å². The topological polar surface area (TPSA) is 29.1 Å². The average molecular weight is 236 g/mol. The molecule has 0 aliphatic carbocycles. The van der Waals surface area contributed by atoms with Crippen LogP contribution in [0, 0.1) is 0 Å². The van der Waals surface area contributed by atoms with E-state index >= 15 is 0 Å². The molecule has 0 unspecified atom stereocenters. The number of thioether (sulfide) groups is 1. The lowest BCUT2D eigenvalue weighted by Crippen LogP contribution is -1.96. The molecular formula is C8H7Cl2NOS. The van der Waals surface area contributed by atoms with Crippen LogP contribution in [-0.4, -0.2) is 12.7 Å². The Bertz CT molecular complexity index is 330. The normalized spacial score (nSPS) is 9.77. The molecule has 0 fully saturated rings. The predicted octanol–water partition coefficient (Wildman–Crippen LogP) is 3.28. The van der Waals surface area contributed by atoms with Crippen molar-refractivity contribution in [2.24, 2.45) is 0 Å². The largest absolute Gasteiger partial charge is 0.326 e. The van der Waals surface area contributed by atoms with Crippen molar-refractivity contribution in [3.8, 4) is 0 Å². The smallest absolute Gasteiger partial charge is 0.211 e. The first-order chi connectivity index (χ1) is 6.19. The van der Waals surface area contributed by atoms with E-state index in [1.54, 1.807) is 12.1 Å². The van der Waals surface area contributed by atoms with Crippen LogP contribution >= 0.6 is 35.0 Å². The highest BCUT2D eigenvalue weighted by Gasteiger charge is 2.07. The van der Waals surface area contributed by atoms with E-state index in [9.17, 15) is 4.79 Å². The van der Waals surface area contributed by atoms with Gasteiger partial charge in [-0.2, -0.15) is 0 Å². The first-order valence-electron chi connectivity index (χ1n) is 3.42. The second kappa shape index (κ2) is 4.74. The number of benzene rings is 1. The summed E-state index contributed by atoms with van der Waals surface area (Å²) >= 11 is 13.1. The minimum absolute atomic E-state index is 0.448. The number of amides is 1. The minimum Gasteiger partial charge on any atom is -0.326 e. The SMILES string of the molecule is CSc1cc(Cl)cc(Cl)c1NC=O. The molecule has 0 aliphatic rings. The van der Waals surface area contributed by atoms with E-state index in [2.05, 4.69) is 5.32 Å². The number of carbonyl (C=O) groups excluding carboxylic acids is 1. The van der Waals surface area contributed by atoms with E-state index in [1.807, 2.05) is 6.26 Å². The summed E-state index contributed by atoms with van der Waals surface area (Å²) in [4.78, 5) is 11.1. The molecule has 0 aromatic heterocycles. The quantitative estimate of drug-likeness (QED) is 0.644. The van der Waals surface area contributed by atoms with Crippen LogP contribution in [0.4, 0.5) is 5.69 Å². The van der Waals surface area contributed by atoms with Gasteiger partial charge in [0, 0.05) is 9.92 Å². The van der Waals surface area contributed by atoms with Crippen LogP contribution in [0.5, 0.6) is 0 Å². The van der Waals surface area contributed by atoms with Crippen molar-refractivity contribution in [1.82, 2.24) is 0 Å². The molecule has 0 radical (unpaired) electrons. The fraction of sp³-hybridized carbons (Fsp3) is 0.125. The molecule has 0 bridgehead atoms. The first-order valence-corrected chi connectivity index (χ1v) is 5.40. The summed E-state index contributed by atoms with van der Waals surface area (Å²) in [7, 11) is 0. The summed E-state index contributed by atoms with van der Waals surface area (Å²) in [6.07, 6.45) is 2.48. The molecule has 1 aromatic rings. The maximum absolute atomic E-state index is 10.3. The van der Waals surface area contributed by atoms with Gasteiger partial charge in [-0.3, -0.25) is 4.79 Å². The lowest BCUT2D eigenvalue weighted by molar-refractivity contribution is -0.105. The first kappa shape index (κ1) is 10.7. The maximum atomic E-state index is 10.3. The highest BCUT2D eigenvalue weighted by Crippen LogP contribution is 2.34. The van der Waals surface area contributed by atoms with Crippen molar-refractivity contribution < 1.29 is 4.79 Å². The maximum Gasteiger partial charge on any atom is 0.211 e. The second-order valence-corrected chi connectivity index (χ2v) is 3.92. The lowest BCUT2D eigenvalue weighted by atomic mass is 10.3. The Hall–Kier alpha value is -0.380. The van der Waals surface area contributed by atoms with Crippen LogP contribution in [-0.2, 0) is 4.79 Å². The molecule has 70 valence electrons. The number of halogens is 2. The van der Waals surface area contributed by atoms with Crippen LogP contribution in [0.1, 0.15) is 0 Å². The van der Waals surface area contributed by atoms with Crippen molar-refractivity contribution in [2.45, 2.75) is 4.90 Å². The Morgan fingerprint density at radius 3 is 2.69 bits per heavy atom. The van der Waals surface area contributed by atoms with Crippen LogP contribution in [0.2, 0.25) is 10.0 Å². The zero-order chi connectivity index (χ0) is 9.84. The van der Waals surface area contributed by atoms with Crippen LogP contribution in [0.15, 0.2) is 17.0 Å². The summed E-state index contributed by atoms with van der Waals surface area (Å²) < 4.78 is 0. The molecule has 0 aliphatic heterocycles. The van der Waals surface area contributed by atoms with Crippen molar-refractivity contribution in [3.63, 3.8) is 0 Å². The van der Waals surface area contributed by atoms with Crippen LogP contribution in [0.25, 0.3) is 0 Å². The van der Waals surface area contributed by atoms with Gasteiger partial charge in [-0.1, -0.05) is 23.2 Å². The van der Waals surface area contributed by atoms with Gasteiger partial charge in [0.1, 0.15) is 0 Å². The number of hydrogen-bond donors (Lipinski definition) is 1. The van der Waals surface area contributed by atoms with Gasteiger partial charge in [0.2, 0.25) is 6.41 Å². The molecule has 13 heavy (non-hydrogen) atoms. The van der Waals surface area contributed by atoms with Crippen molar-refractivity contribution >= 4 is 47.1 Å². The van der Waals surface area contributed by atoms with E-state index in [0.29, 0.717) is 22.1 Å². The minimum atomic E-state index is 0.448. The third-order valence-electron chi connectivity index (χ3n) is 1.44. The van der Waals surface area contributed by atoms with E-state index in [1.165, 1.54) is 11.8 Å². The number of carbonyl (C=O) groups is 1. The van der Waals surface area contributed by atoms with Gasteiger partial charge >= 0.3 is 0 Å². The lowest BCUT2D eigenvalue weighted by Gasteiger charge is -2.08. The van der Waals surface area contributed by atoms with Crippen molar-refractivity contribution in [1.29, 1.82) is 0 Å². The standard InChI is InChI=1S/C8H7Cl2NOS/c1-13-7-3-5(9)2-6(10)8(7)11-4-12/h2-4H,1H3,(H,11,12). The summed E-state index contributed by atoms with van der Waals surface area (Å²) in [6.45, 7) is 0. The molecule has 0 saturated heterocycles. The summed E-state index contributed by atoms with van der Waals surface area (Å²) in [5.74, 6) is 0. The Morgan fingerprint density at radius 2 is 2.15 bits per heavy atom. The molecule has 1 aromatic carbocycles. The number of hydrogen-bond acceptors (Lipinski definition) is 2. The monoisotopic (exact) mass is 235 g/mol. The summed E-state index contributed by atoms with van der Waals surface area (Å²) in [5.41, 5.74) is 0.605. The van der Waals surface area contributed by atoms with Gasteiger partial charge in [-0.25, -0.2) is 0 Å². The summed E-state index contributed by atoms with van der Waals surface area (Å²) in [5, 5.41) is 3.54. The molecule has 0 saturated carbocycles. The zero-order valence-corrected chi connectivity index (χ0v) is 9.13. The number of nitrogens with one attached hydrogen (secondary N) is 1. The molecule has 0 heterocycles. The van der Waals surface area contributed by atoms with Gasteiger partial charge < -0.3 is 5.32 Å². The van der Waals surface area contributed by atoms with Gasteiger partial charge in [-0.05, 0) is 18.4 Å².